The Hall–Kier alpha value is -4.01. The number of nitrogens with zero attached hydrogens (tertiary/aromatic N) is 3. The van der Waals surface area contributed by atoms with E-state index in [-0.39, 0.29) is 5.91 Å². The molecule has 29 heavy (non-hydrogen) atoms. The molecule has 0 unspecified atom stereocenters. The van der Waals surface area contributed by atoms with Gasteiger partial charge in [0.2, 0.25) is 0 Å². The van der Waals surface area contributed by atoms with Crippen molar-refractivity contribution in [3.63, 3.8) is 0 Å². The van der Waals surface area contributed by atoms with Gasteiger partial charge in [0.1, 0.15) is 5.75 Å². The van der Waals surface area contributed by atoms with Crippen molar-refractivity contribution in [3.05, 3.63) is 72.4 Å². The maximum Gasteiger partial charge on any atom is 0.324 e. The van der Waals surface area contributed by atoms with Gasteiger partial charge in [-0.3, -0.25) is 20.1 Å². The van der Waals surface area contributed by atoms with Gasteiger partial charge in [0.15, 0.2) is 5.82 Å². The van der Waals surface area contributed by atoms with Crippen LogP contribution in [0.1, 0.15) is 15.9 Å². The molecule has 3 rings (SSSR count). The highest BCUT2D eigenvalue weighted by atomic mass is 16.5. The number of urea groups is 1. The number of amides is 3. The van der Waals surface area contributed by atoms with Gasteiger partial charge in [-0.05, 0) is 42.3 Å². The molecule has 0 saturated heterocycles. The molecule has 0 radical (unpaired) electrons. The molecule has 9 nitrogen and oxygen atoms in total. The summed E-state index contributed by atoms with van der Waals surface area (Å²) in [5.41, 5.74) is 1.84. The van der Waals surface area contributed by atoms with Crippen molar-refractivity contribution in [2.24, 2.45) is 0 Å². The standard InChI is InChI=1S/C20H20N6O3/c1-29-17-3-2-15(19(27)24-9-6-14-4-7-21-8-5-14)12-16(17)25-20(28)26-18-13-22-10-11-23-18/h2-5,7-8,10-13H,6,9H2,1H3,(H,24,27)(H2,23,25,26,28). The number of pyridine rings is 1. The minimum absolute atomic E-state index is 0.251. The summed E-state index contributed by atoms with van der Waals surface area (Å²) in [5.74, 6) is 0.473. The van der Waals surface area contributed by atoms with Crippen molar-refractivity contribution in [1.82, 2.24) is 20.3 Å². The van der Waals surface area contributed by atoms with Gasteiger partial charge < -0.3 is 15.4 Å². The van der Waals surface area contributed by atoms with Gasteiger partial charge in [-0.2, -0.15) is 0 Å². The molecule has 0 saturated carbocycles. The van der Waals surface area contributed by atoms with E-state index in [1.807, 2.05) is 12.1 Å². The van der Waals surface area contributed by atoms with E-state index in [1.54, 1.807) is 30.6 Å². The Kier molecular flexibility index (Phi) is 6.66. The lowest BCUT2D eigenvalue weighted by Crippen LogP contribution is -2.26. The number of methoxy groups -OCH3 is 1. The third-order valence-corrected chi connectivity index (χ3v) is 3.96. The molecule has 3 N–H and O–H groups in total. The fourth-order valence-corrected chi connectivity index (χ4v) is 2.55. The highest BCUT2D eigenvalue weighted by Crippen LogP contribution is 2.25. The summed E-state index contributed by atoms with van der Waals surface area (Å²) in [6.07, 6.45) is 8.50. The summed E-state index contributed by atoms with van der Waals surface area (Å²) in [5, 5.41) is 8.07. The molecular weight excluding hydrogens is 372 g/mol. The number of nitrogens with one attached hydrogen (secondary N) is 3. The Balaban J connectivity index is 1.62. The predicted molar refractivity (Wildman–Crippen MR) is 108 cm³/mol. The summed E-state index contributed by atoms with van der Waals surface area (Å²) in [7, 11) is 1.48. The molecule has 0 aliphatic carbocycles. The number of rotatable bonds is 7. The van der Waals surface area contributed by atoms with Crippen LogP contribution in [0.25, 0.3) is 0 Å². The van der Waals surface area contributed by atoms with Gasteiger partial charge in [-0.25, -0.2) is 9.78 Å². The topological polar surface area (TPSA) is 118 Å². The van der Waals surface area contributed by atoms with Gasteiger partial charge in [0.25, 0.3) is 5.91 Å². The van der Waals surface area contributed by atoms with Crippen molar-refractivity contribution in [1.29, 1.82) is 0 Å². The van der Waals surface area contributed by atoms with Gasteiger partial charge in [-0.1, -0.05) is 0 Å². The third-order valence-electron chi connectivity index (χ3n) is 3.96. The fraction of sp³-hybridized carbons (Fsp3) is 0.150. The first-order chi connectivity index (χ1) is 14.2. The second-order valence-corrected chi connectivity index (χ2v) is 5.95. The van der Waals surface area contributed by atoms with Crippen LogP contribution in [-0.4, -0.2) is 40.5 Å². The number of ether oxygens (including phenoxy) is 1. The molecule has 148 valence electrons. The molecule has 0 bridgehead atoms. The van der Waals surface area contributed by atoms with Crippen LogP contribution in [-0.2, 0) is 6.42 Å². The summed E-state index contributed by atoms with van der Waals surface area (Å²) >= 11 is 0. The molecule has 0 spiro atoms. The Morgan fingerprint density at radius 2 is 1.83 bits per heavy atom. The van der Waals surface area contributed by atoms with E-state index in [4.69, 9.17) is 4.74 Å². The molecule has 3 aromatic rings. The lowest BCUT2D eigenvalue weighted by Gasteiger charge is -2.13. The Bertz CT molecular complexity index is 966. The van der Waals surface area contributed by atoms with Crippen molar-refractivity contribution < 1.29 is 14.3 Å². The van der Waals surface area contributed by atoms with E-state index < -0.39 is 6.03 Å². The number of carbonyl (C=O) groups excluding carboxylic acids is 2. The van der Waals surface area contributed by atoms with E-state index in [9.17, 15) is 9.59 Å². The zero-order valence-electron chi connectivity index (χ0n) is 15.8. The van der Waals surface area contributed by atoms with Crippen LogP contribution < -0.4 is 20.7 Å². The molecule has 0 aliphatic rings. The Labute approximate surface area is 167 Å². The number of anilines is 2. The number of aromatic nitrogens is 3. The SMILES string of the molecule is COc1ccc(C(=O)NCCc2ccncc2)cc1NC(=O)Nc1cnccn1. The molecular formula is C20H20N6O3. The van der Waals surface area contributed by atoms with E-state index in [0.717, 1.165) is 5.56 Å². The summed E-state index contributed by atoms with van der Waals surface area (Å²) in [6, 6.07) is 8.08. The molecule has 9 heteroatoms. The molecule has 3 amide bonds. The van der Waals surface area contributed by atoms with Crippen molar-refractivity contribution >= 4 is 23.4 Å². The largest absolute Gasteiger partial charge is 0.495 e. The number of carbonyl (C=O) groups is 2. The number of hydrogen-bond donors (Lipinski definition) is 3. The fourth-order valence-electron chi connectivity index (χ4n) is 2.55. The second-order valence-electron chi connectivity index (χ2n) is 5.95. The maximum absolute atomic E-state index is 12.5. The minimum Gasteiger partial charge on any atom is -0.495 e. The van der Waals surface area contributed by atoms with E-state index in [1.165, 1.54) is 25.7 Å². The van der Waals surface area contributed by atoms with E-state index in [0.29, 0.717) is 35.8 Å². The molecule has 0 atom stereocenters. The van der Waals surface area contributed by atoms with E-state index >= 15 is 0 Å². The molecule has 0 fully saturated rings. The number of hydrogen-bond acceptors (Lipinski definition) is 6. The average molecular weight is 392 g/mol. The summed E-state index contributed by atoms with van der Waals surface area (Å²) in [4.78, 5) is 36.5. The quantitative estimate of drug-likeness (QED) is 0.569. The van der Waals surface area contributed by atoms with Crippen molar-refractivity contribution in [2.75, 3.05) is 24.3 Å². The smallest absolute Gasteiger partial charge is 0.324 e. The van der Waals surface area contributed by atoms with Crippen LogP contribution in [0, 0.1) is 0 Å². The summed E-state index contributed by atoms with van der Waals surface area (Å²) < 4.78 is 5.26. The van der Waals surface area contributed by atoms with Gasteiger partial charge in [0.05, 0.1) is 19.0 Å². The minimum atomic E-state index is -0.529. The normalized spacial score (nSPS) is 10.1. The number of benzene rings is 1. The van der Waals surface area contributed by atoms with E-state index in [2.05, 4.69) is 30.9 Å². The van der Waals surface area contributed by atoms with Crippen LogP contribution in [0.4, 0.5) is 16.3 Å². The molecule has 2 heterocycles. The molecule has 2 aromatic heterocycles. The second kappa shape index (κ2) is 9.79. The lowest BCUT2D eigenvalue weighted by atomic mass is 10.1. The maximum atomic E-state index is 12.5. The molecule has 1 aromatic carbocycles. The first kappa shape index (κ1) is 19.7. The van der Waals surface area contributed by atoms with Crippen molar-refractivity contribution in [2.45, 2.75) is 6.42 Å². The van der Waals surface area contributed by atoms with Gasteiger partial charge in [-0.15, -0.1) is 0 Å². The Morgan fingerprint density at radius 3 is 2.55 bits per heavy atom. The summed E-state index contributed by atoms with van der Waals surface area (Å²) in [6.45, 7) is 0.477. The Morgan fingerprint density at radius 1 is 1.00 bits per heavy atom. The first-order valence-electron chi connectivity index (χ1n) is 8.85. The zero-order valence-corrected chi connectivity index (χ0v) is 15.8. The lowest BCUT2D eigenvalue weighted by molar-refractivity contribution is 0.0954. The van der Waals surface area contributed by atoms with Crippen molar-refractivity contribution in [3.8, 4) is 5.75 Å². The monoisotopic (exact) mass is 392 g/mol. The third kappa shape index (κ3) is 5.73. The molecule has 0 aliphatic heterocycles. The zero-order chi connectivity index (χ0) is 20.5. The predicted octanol–water partition coefficient (Wildman–Crippen LogP) is 2.50. The van der Waals surface area contributed by atoms with Crippen LogP contribution in [0.3, 0.4) is 0 Å². The van der Waals surface area contributed by atoms with Gasteiger partial charge in [0, 0.05) is 36.9 Å². The highest BCUT2D eigenvalue weighted by Gasteiger charge is 2.13. The van der Waals surface area contributed by atoms with Crippen LogP contribution >= 0.6 is 0 Å². The van der Waals surface area contributed by atoms with Crippen LogP contribution in [0.15, 0.2) is 61.3 Å². The first-order valence-corrected chi connectivity index (χ1v) is 8.85. The van der Waals surface area contributed by atoms with Gasteiger partial charge >= 0.3 is 6.03 Å². The van der Waals surface area contributed by atoms with Crippen LogP contribution in [0.2, 0.25) is 0 Å². The van der Waals surface area contributed by atoms with Crippen LogP contribution in [0.5, 0.6) is 5.75 Å². The average Bonchev–Trinajstić information content (AvgIpc) is 2.75. The highest BCUT2D eigenvalue weighted by molar-refractivity contribution is 6.02.